The zero-order valence-electron chi connectivity index (χ0n) is 7.58. The molecule has 0 spiro atoms. The molecule has 15 heavy (non-hydrogen) atoms. The number of carbonyl (C=O) groups excluding carboxylic acids is 1. The third kappa shape index (κ3) is 4.51. The summed E-state index contributed by atoms with van der Waals surface area (Å²) in [7, 11) is 0. The van der Waals surface area contributed by atoms with Crippen LogP contribution in [0.25, 0.3) is 0 Å². The largest absolute Gasteiger partial charge is 0.516 e. The molecule has 0 amide bonds. The smallest absolute Gasteiger partial charge is 0.450 e. The molecule has 0 unspecified atom stereocenters. The lowest BCUT2D eigenvalue weighted by atomic mass is 10.3. The van der Waals surface area contributed by atoms with E-state index in [4.69, 9.17) is 5.11 Å². The highest BCUT2D eigenvalue weighted by Gasteiger charge is 2.06. The van der Waals surface area contributed by atoms with E-state index in [9.17, 15) is 9.59 Å². The van der Waals surface area contributed by atoms with Crippen LogP contribution in [-0.2, 0) is 9.47 Å². The molecule has 0 saturated heterocycles. The van der Waals surface area contributed by atoms with Crippen molar-refractivity contribution in [3.8, 4) is 5.75 Å². The summed E-state index contributed by atoms with van der Waals surface area (Å²) in [5.74, 6) is 0.304. The van der Waals surface area contributed by atoms with Crippen molar-refractivity contribution in [2.45, 2.75) is 0 Å². The summed E-state index contributed by atoms with van der Waals surface area (Å²) in [5.41, 5.74) is 0. The van der Waals surface area contributed by atoms with Gasteiger partial charge in [-0.05, 0) is 12.1 Å². The van der Waals surface area contributed by atoms with Gasteiger partial charge in [-0.3, -0.25) is 0 Å². The van der Waals surface area contributed by atoms with Gasteiger partial charge in [0.15, 0.2) is 0 Å². The first kappa shape index (κ1) is 10.8. The predicted octanol–water partition coefficient (Wildman–Crippen LogP) is 1.85. The number of hydrogen-bond acceptors (Lipinski definition) is 5. The lowest BCUT2D eigenvalue weighted by Crippen LogP contribution is -2.14. The van der Waals surface area contributed by atoms with Gasteiger partial charge in [0, 0.05) is 0 Å². The van der Waals surface area contributed by atoms with E-state index in [0.29, 0.717) is 5.75 Å². The summed E-state index contributed by atoms with van der Waals surface area (Å²) in [6.45, 7) is -0.693. The second kappa shape index (κ2) is 5.48. The third-order valence-electron chi connectivity index (χ3n) is 1.30. The van der Waals surface area contributed by atoms with Crippen molar-refractivity contribution in [1.29, 1.82) is 0 Å². The zero-order valence-corrected chi connectivity index (χ0v) is 7.58. The van der Waals surface area contributed by atoms with Crippen molar-refractivity contribution >= 4 is 12.3 Å². The molecular formula is C9H8O6. The first-order valence-electron chi connectivity index (χ1n) is 3.94. The maximum atomic E-state index is 10.9. The Morgan fingerprint density at radius 2 is 1.80 bits per heavy atom. The SMILES string of the molecule is O=C(O)OCOC(=O)Oc1ccccc1. The fourth-order valence-corrected chi connectivity index (χ4v) is 0.742. The lowest BCUT2D eigenvalue weighted by Gasteiger charge is -2.04. The number of hydrogen-bond donors (Lipinski definition) is 1. The second-order valence-electron chi connectivity index (χ2n) is 2.34. The molecule has 0 heterocycles. The van der Waals surface area contributed by atoms with Crippen molar-refractivity contribution in [3.05, 3.63) is 30.3 Å². The normalized spacial score (nSPS) is 9.07. The molecule has 0 fully saturated rings. The van der Waals surface area contributed by atoms with E-state index in [1.165, 1.54) is 0 Å². The lowest BCUT2D eigenvalue weighted by molar-refractivity contribution is -0.0137. The van der Waals surface area contributed by atoms with Gasteiger partial charge in [-0.2, -0.15) is 0 Å². The van der Waals surface area contributed by atoms with E-state index in [2.05, 4.69) is 14.2 Å². The van der Waals surface area contributed by atoms with E-state index >= 15 is 0 Å². The summed E-state index contributed by atoms with van der Waals surface area (Å²) in [6, 6.07) is 8.22. The summed E-state index contributed by atoms with van der Waals surface area (Å²) >= 11 is 0. The first-order chi connectivity index (χ1) is 7.18. The minimum Gasteiger partial charge on any atom is -0.450 e. The van der Waals surface area contributed by atoms with E-state index < -0.39 is 19.1 Å². The fraction of sp³-hybridized carbons (Fsp3) is 0.111. The molecule has 1 aromatic rings. The fourth-order valence-electron chi connectivity index (χ4n) is 0.742. The van der Waals surface area contributed by atoms with Crippen LogP contribution >= 0.6 is 0 Å². The Morgan fingerprint density at radius 3 is 2.40 bits per heavy atom. The molecule has 1 rings (SSSR count). The van der Waals surface area contributed by atoms with Crippen molar-refractivity contribution in [2.24, 2.45) is 0 Å². The number of benzene rings is 1. The van der Waals surface area contributed by atoms with Crippen LogP contribution in [-0.4, -0.2) is 24.2 Å². The average molecular weight is 212 g/mol. The van der Waals surface area contributed by atoms with Crippen LogP contribution in [0, 0.1) is 0 Å². The van der Waals surface area contributed by atoms with E-state index in [1.807, 2.05) is 0 Å². The Balaban J connectivity index is 2.28. The van der Waals surface area contributed by atoms with Crippen LogP contribution < -0.4 is 4.74 Å². The topological polar surface area (TPSA) is 82.1 Å². The molecule has 1 aromatic carbocycles. The molecule has 0 aromatic heterocycles. The third-order valence-corrected chi connectivity index (χ3v) is 1.30. The van der Waals surface area contributed by atoms with Gasteiger partial charge in [0.1, 0.15) is 5.75 Å². The molecule has 0 aliphatic heterocycles. The van der Waals surface area contributed by atoms with Crippen LogP contribution in [0.4, 0.5) is 9.59 Å². The molecular weight excluding hydrogens is 204 g/mol. The van der Waals surface area contributed by atoms with Crippen LogP contribution in [0.2, 0.25) is 0 Å². The minimum absolute atomic E-state index is 0.304. The number of rotatable bonds is 3. The molecule has 0 bridgehead atoms. The van der Waals surface area contributed by atoms with Crippen molar-refractivity contribution < 1.29 is 28.9 Å². The summed E-state index contributed by atoms with van der Waals surface area (Å²) in [5, 5.41) is 8.06. The van der Waals surface area contributed by atoms with Crippen molar-refractivity contribution in [1.82, 2.24) is 0 Å². The van der Waals surface area contributed by atoms with Gasteiger partial charge in [-0.25, -0.2) is 9.59 Å². The van der Waals surface area contributed by atoms with Gasteiger partial charge in [0.05, 0.1) is 0 Å². The Kier molecular flexibility index (Phi) is 3.96. The van der Waals surface area contributed by atoms with Crippen LogP contribution in [0.1, 0.15) is 0 Å². The van der Waals surface area contributed by atoms with Crippen molar-refractivity contribution in [3.63, 3.8) is 0 Å². The standard InChI is InChI=1S/C9H8O6/c10-8(11)13-6-14-9(12)15-7-4-2-1-3-5-7/h1-5H,6H2,(H,10,11). The van der Waals surface area contributed by atoms with E-state index in [1.54, 1.807) is 30.3 Å². The first-order valence-corrected chi connectivity index (χ1v) is 3.94. The van der Waals surface area contributed by atoms with Gasteiger partial charge < -0.3 is 19.3 Å². The molecule has 1 N–H and O–H groups in total. The Hall–Kier alpha value is -2.24. The number of carbonyl (C=O) groups is 2. The molecule has 0 aliphatic carbocycles. The minimum atomic E-state index is -1.53. The monoisotopic (exact) mass is 212 g/mol. The Labute approximate surface area is 85.0 Å². The van der Waals surface area contributed by atoms with Crippen LogP contribution in [0.3, 0.4) is 0 Å². The van der Waals surface area contributed by atoms with Crippen LogP contribution in [0.15, 0.2) is 30.3 Å². The van der Waals surface area contributed by atoms with Gasteiger partial charge >= 0.3 is 12.3 Å². The molecule has 0 atom stereocenters. The van der Waals surface area contributed by atoms with Gasteiger partial charge in [0.2, 0.25) is 6.79 Å². The van der Waals surface area contributed by atoms with E-state index in [0.717, 1.165) is 0 Å². The predicted molar refractivity (Wildman–Crippen MR) is 47.5 cm³/mol. The van der Waals surface area contributed by atoms with Crippen LogP contribution in [0.5, 0.6) is 5.75 Å². The molecule has 0 radical (unpaired) electrons. The Bertz CT molecular complexity index is 334. The highest BCUT2D eigenvalue weighted by atomic mass is 16.8. The second-order valence-corrected chi connectivity index (χ2v) is 2.34. The van der Waals surface area contributed by atoms with Gasteiger partial charge in [0.25, 0.3) is 0 Å². The number of ether oxygens (including phenoxy) is 3. The molecule has 0 saturated carbocycles. The van der Waals surface area contributed by atoms with Gasteiger partial charge in [-0.1, -0.05) is 18.2 Å². The Morgan fingerprint density at radius 1 is 1.13 bits per heavy atom. The molecule has 6 nitrogen and oxygen atoms in total. The quantitative estimate of drug-likeness (QED) is 0.467. The summed E-state index contributed by atoms with van der Waals surface area (Å²) < 4.78 is 12.9. The molecule has 0 aliphatic rings. The number of para-hydroxylation sites is 1. The highest BCUT2D eigenvalue weighted by Crippen LogP contribution is 2.08. The average Bonchev–Trinajstić information content (AvgIpc) is 2.18. The molecule has 6 heteroatoms. The summed E-state index contributed by atoms with van der Waals surface area (Å²) in [4.78, 5) is 20.8. The zero-order chi connectivity index (χ0) is 11.1. The number of carboxylic acid groups (broad SMARTS) is 1. The van der Waals surface area contributed by atoms with Crippen molar-refractivity contribution in [2.75, 3.05) is 6.79 Å². The summed E-state index contributed by atoms with van der Waals surface area (Å²) in [6.07, 6.45) is -2.55. The van der Waals surface area contributed by atoms with E-state index in [-0.39, 0.29) is 0 Å². The highest BCUT2D eigenvalue weighted by molar-refractivity contribution is 5.64. The van der Waals surface area contributed by atoms with Gasteiger partial charge in [-0.15, -0.1) is 0 Å². The molecule has 80 valence electrons. The maximum absolute atomic E-state index is 10.9. The maximum Gasteiger partial charge on any atom is 0.516 e.